The highest BCUT2D eigenvalue weighted by Gasteiger charge is 2.37. The minimum atomic E-state index is -3.41. The Balaban J connectivity index is 2.22. The van der Waals surface area contributed by atoms with Crippen molar-refractivity contribution in [1.82, 2.24) is 4.98 Å². The summed E-state index contributed by atoms with van der Waals surface area (Å²) in [4.78, 5) is 16.2. The van der Waals surface area contributed by atoms with E-state index in [-0.39, 0.29) is 27.5 Å². The van der Waals surface area contributed by atoms with Gasteiger partial charge in [-0.2, -0.15) is 0 Å². The van der Waals surface area contributed by atoms with Crippen LogP contribution in [-0.2, 0) is 19.0 Å². The van der Waals surface area contributed by atoms with Gasteiger partial charge in [0, 0.05) is 6.07 Å². The van der Waals surface area contributed by atoms with Crippen LogP contribution in [0.15, 0.2) is 41.6 Å². The van der Waals surface area contributed by atoms with Crippen molar-refractivity contribution in [2.45, 2.75) is 63.9 Å². The van der Waals surface area contributed by atoms with Crippen molar-refractivity contribution in [1.29, 1.82) is 0 Å². The average molecular weight is 510 g/mol. The Bertz CT molecular complexity index is 1090. The normalized spacial score (nSPS) is 13.3. The molecule has 0 aliphatic carbocycles. The van der Waals surface area contributed by atoms with Crippen LogP contribution in [0, 0.1) is 0 Å². The van der Waals surface area contributed by atoms with Gasteiger partial charge < -0.3 is 18.6 Å². The molecule has 0 aliphatic heterocycles. The van der Waals surface area contributed by atoms with Gasteiger partial charge in [0.2, 0.25) is 0 Å². The molecule has 188 valence electrons. The van der Waals surface area contributed by atoms with Gasteiger partial charge in [0.15, 0.2) is 23.2 Å². The maximum Gasteiger partial charge on any atom is 0.338 e. The number of nitrogens with zero attached hydrogens (tertiary/aromatic N) is 1. The Morgan fingerprint density at radius 1 is 1.09 bits per heavy atom. The Kier molecular flexibility index (Phi) is 8.90. The quantitative estimate of drug-likeness (QED) is 0.316. The van der Waals surface area contributed by atoms with Crippen molar-refractivity contribution >= 4 is 24.1 Å². The van der Waals surface area contributed by atoms with Crippen LogP contribution in [0.4, 0.5) is 0 Å². The van der Waals surface area contributed by atoms with Crippen molar-refractivity contribution in [3.8, 4) is 17.2 Å². The SMILES string of the molecule is CCS(=O)(=O)c1ccc(Oc2cc(O[C@@H](C)CO[Si](C)(C)C(C)(C)C)cc(C(=O)OC)c2)cn1. The van der Waals surface area contributed by atoms with Crippen LogP contribution in [0.1, 0.15) is 45.0 Å². The third kappa shape index (κ3) is 7.28. The zero-order valence-electron chi connectivity index (χ0n) is 21.2. The van der Waals surface area contributed by atoms with Gasteiger partial charge >= 0.3 is 5.97 Å². The minimum Gasteiger partial charge on any atom is -0.488 e. The van der Waals surface area contributed by atoms with Crippen molar-refractivity contribution in [2.24, 2.45) is 0 Å². The summed E-state index contributed by atoms with van der Waals surface area (Å²) in [6.45, 7) is 14.7. The van der Waals surface area contributed by atoms with Gasteiger partial charge in [0.25, 0.3) is 0 Å². The number of esters is 1. The fourth-order valence-corrected chi connectivity index (χ4v) is 4.51. The topological polar surface area (TPSA) is 101 Å². The number of pyridine rings is 1. The van der Waals surface area contributed by atoms with Crippen LogP contribution in [0.3, 0.4) is 0 Å². The second-order valence-electron chi connectivity index (χ2n) is 9.52. The number of carbonyl (C=O) groups is 1. The third-order valence-electron chi connectivity index (χ3n) is 5.77. The van der Waals surface area contributed by atoms with Crippen LogP contribution in [0.25, 0.3) is 0 Å². The molecule has 0 aliphatic rings. The predicted molar refractivity (Wildman–Crippen MR) is 133 cm³/mol. The molecule has 8 nitrogen and oxygen atoms in total. The molecule has 0 saturated heterocycles. The third-order valence-corrected chi connectivity index (χ3v) is 11.9. The van der Waals surface area contributed by atoms with Crippen LogP contribution >= 0.6 is 0 Å². The fraction of sp³-hybridized carbons (Fsp3) is 0.500. The lowest BCUT2D eigenvalue weighted by Crippen LogP contribution is -2.43. The number of sulfone groups is 1. The number of carbonyl (C=O) groups excluding carboxylic acids is 1. The van der Waals surface area contributed by atoms with Crippen LogP contribution in [0.5, 0.6) is 17.2 Å². The zero-order valence-corrected chi connectivity index (χ0v) is 23.0. The molecule has 0 amide bonds. The standard InChI is InChI=1S/C24H35NO7SSi/c1-9-33(27,28)22-11-10-19(15-25-22)32-21-13-18(23(26)29-6)12-20(14-21)31-17(2)16-30-34(7,8)24(3,4)5/h10-15,17H,9,16H2,1-8H3/t17-/m0/s1. The van der Waals surface area contributed by atoms with Gasteiger partial charge in [-0.3, -0.25) is 0 Å². The van der Waals surface area contributed by atoms with E-state index in [0.717, 1.165) is 0 Å². The lowest BCUT2D eigenvalue weighted by atomic mass is 10.2. The second-order valence-corrected chi connectivity index (χ2v) is 16.6. The first-order chi connectivity index (χ1) is 15.7. The van der Waals surface area contributed by atoms with E-state index in [9.17, 15) is 13.2 Å². The molecule has 0 bridgehead atoms. The van der Waals surface area contributed by atoms with Gasteiger partial charge in [-0.05, 0) is 49.3 Å². The van der Waals surface area contributed by atoms with Gasteiger partial charge in [-0.25, -0.2) is 18.2 Å². The lowest BCUT2D eigenvalue weighted by Gasteiger charge is -2.36. The average Bonchev–Trinajstić information content (AvgIpc) is 2.76. The number of aromatic nitrogens is 1. The molecule has 0 unspecified atom stereocenters. The Morgan fingerprint density at radius 2 is 1.74 bits per heavy atom. The maximum absolute atomic E-state index is 12.2. The van der Waals surface area contributed by atoms with Gasteiger partial charge in [-0.15, -0.1) is 0 Å². The largest absolute Gasteiger partial charge is 0.488 e. The van der Waals surface area contributed by atoms with Crippen LogP contribution < -0.4 is 9.47 Å². The van der Waals surface area contributed by atoms with Crippen molar-refractivity contribution in [2.75, 3.05) is 19.5 Å². The molecular weight excluding hydrogens is 474 g/mol. The molecule has 10 heteroatoms. The smallest absolute Gasteiger partial charge is 0.338 e. The van der Waals surface area contributed by atoms with E-state index in [1.165, 1.54) is 31.5 Å². The Hall–Kier alpha value is -2.43. The molecule has 1 atom stereocenters. The first-order valence-corrected chi connectivity index (χ1v) is 15.6. The highest BCUT2D eigenvalue weighted by Crippen LogP contribution is 2.36. The summed E-state index contributed by atoms with van der Waals surface area (Å²) in [7, 11) is -4.05. The van der Waals surface area contributed by atoms with Crippen LogP contribution in [0.2, 0.25) is 18.1 Å². The summed E-state index contributed by atoms with van der Waals surface area (Å²) >= 11 is 0. The molecule has 0 spiro atoms. The number of methoxy groups -OCH3 is 1. The molecule has 2 rings (SSSR count). The first kappa shape index (κ1) is 27.8. The monoisotopic (exact) mass is 509 g/mol. The van der Waals surface area contributed by atoms with E-state index in [4.69, 9.17) is 18.6 Å². The van der Waals surface area contributed by atoms with E-state index >= 15 is 0 Å². The molecular formula is C24H35NO7SSi. The molecule has 0 fully saturated rings. The minimum absolute atomic E-state index is 0.0229. The molecule has 1 heterocycles. The first-order valence-electron chi connectivity index (χ1n) is 11.1. The molecule has 0 saturated carbocycles. The van der Waals surface area contributed by atoms with E-state index < -0.39 is 24.1 Å². The zero-order chi connectivity index (χ0) is 25.7. The van der Waals surface area contributed by atoms with Crippen molar-refractivity contribution in [3.05, 3.63) is 42.1 Å². The number of rotatable bonds is 10. The Morgan fingerprint density at radius 3 is 2.26 bits per heavy atom. The molecule has 0 N–H and O–H groups in total. The Labute approximate surface area is 203 Å². The lowest BCUT2D eigenvalue weighted by molar-refractivity contribution is 0.0599. The van der Waals surface area contributed by atoms with E-state index in [1.54, 1.807) is 19.1 Å². The fourth-order valence-electron chi connectivity index (χ4n) is 2.64. The van der Waals surface area contributed by atoms with Crippen LogP contribution in [-0.4, -0.2) is 53.3 Å². The summed E-state index contributed by atoms with van der Waals surface area (Å²) in [6.07, 6.45) is 1.05. The summed E-state index contributed by atoms with van der Waals surface area (Å²) in [5, 5.41) is 0.0590. The molecule has 2 aromatic rings. The van der Waals surface area contributed by atoms with Gasteiger partial charge in [0.05, 0.1) is 31.2 Å². The molecule has 0 radical (unpaired) electrons. The number of ether oxygens (including phenoxy) is 3. The van der Waals surface area contributed by atoms with Gasteiger partial charge in [0.1, 0.15) is 23.4 Å². The van der Waals surface area contributed by atoms with E-state index in [0.29, 0.717) is 23.9 Å². The summed E-state index contributed by atoms with van der Waals surface area (Å²) in [6, 6.07) is 7.64. The van der Waals surface area contributed by atoms with E-state index in [2.05, 4.69) is 38.8 Å². The second kappa shape index (κ2) is 10.9. The molecule has 34 heavy (non-hydrogen) atoms. The summed E-state index contributed by atoms with van der Waals surface area (Å²) < 4.78 is 46.9. The number of benzene rings is 1. The van der Waals surface area contributed by atoms with Crippen molar-refractivity contribution < 1.29 is 31.8 Å². The van der Waals surface area contributed by atoms with Gasteiger partial charge in [-0.1, -0.05) is 27.7 Å². The van der Waals surface area contributed by atoms with Crippen molar-refractivity contribution in [3.63, 3.8) is 0 Å². The highest BCUT2D eigenvalue weighted by atomic mass is 32.2. The predicted octanol–water partition coefficient (Wildman–Crippen LogP) is 5.24. The molecule has 1 aromatic heterocycles. The molecule has 1 aromatic carbocycles. The number of hydrogen-bond acceptors (Lipinski definition) is 8. The van der Waals surface area contributed by atoms with E-state index in [1.807, 2.05) is 6.92 Å². The summed E-state index contributed by atoms with van der Waals surface area (Å²) in [5.41, 5.74) is 0.255. The number of hydrogen-bond donors (Lipinski definition) is 0. The maximum atomic E-state index is 12.2. The summed E-state index contributed by atoms with van der Waals surface area (Å²) in [5.74, 6) is 0.477. The highest BCUT2D eigenvalue weighted by molar-refractivity contribution is 7.91.